The van der Waals surface area contributed by atoms with Gasteiger partial charge in [0.05, 0.1) is 0 Å². The largest absolute Gasteiger partial charge is 0.508 e. The molecule has 1 aliphatic heterocycles. The van der Waals surface area contributed by atoms with E-state index < -0.39 is 12.0 Å². The standard InChI is InChI=1S/C14H19NO3/c1-10-5-6-12(16)11(9-10)13(14(17)18)15-7-3-2-4-8-15/h5-6,9,13,16H,2-4,7-8H2,1H3,(H,17,18). The van der Waals surface area contributed by atoms with Crippen LogP contribution in [0.4, 0.5) is 0 Å². The van der Waals surface area contributed by atoms with Crippen molar-refractivity contribution in [1.29, 1.82) is 0 Å². The zero-order chi connectivity index (χ0) is 13.1. The van der Waals surface area contributed by atoms with E-state index in [1.54, 1.807) is 18.2 Å². The first-order chi connectivity index (χ1) is 8.59. The number of piperidine rings is 1. The number of carbonyl (C=O) groups is 1. The molecule has 18 heavy (non-hydrogen) atoms. The van der Waals surface area contributed by atoms with Crippen LogP contribution in [0.15, 0.2) is 18.2 Å². The molecule has 1 heterocycles. The van der Waals surface area contributed by atoms with Gasteiger partial charge in [-0.25, -0.2) is 0 Å². The van der Waals surface area contributed by atoms with Gasteiger partial charge in [-0.3, -0.25) is 9.69 Å². The summed E-state index contributed by atoms with van der Waals surface area (Å²) in [6.07, 6.45) is 3.20. The minimum absolute atomic E-state index is 0.0681. The van der Waals surface area contributed by atoms with Crippen molar-refractivity contribution in [2.75, 3.05) is 13.1 Å². The van der Waals surface area contributed by atoms with Gasteiger partial charge in [0.25, 0.3) is 0 Å². The molecule has 0 amide bonds. The molecule has 0 saturated carbocycles. The summed E-state index contributed by atoms with van der Waals surface area (Å²) in [5, 5.41) is 19.3. The Kier molecular flexibility index (Phi) is 3.87. The van der Waals surface area contributed by atoms with E-state index in [9.17, 15) is 15.0 Å². The highest BCUT2D eigenvalue weighted by Crippen LogP contribution is 2.31. The molecule has 0 aliphatic carbocycles. The molecule has 98 valence electrons. The van der Waals surface area contributed by atoms with Gasteiger partial charge in [0.2, 0.25) is 0 Å². The quantitative estimate of drug-likeness (QED) is 0.863. The van der Waals surface area contributed by atoms with Crippen LogP contribution in [-0.2, 0) is 4.79 Å². The number of aliphatic carboxylic acids is 1. The van der Waals surface area contributed by atoms with E-state index in [4.69, 9.17) is 0 Å². The Morgan fingerprint density at radius 2 is 1.94 bits per heavy atom. The van der Waals surface area contributed by atoms with Gasteiger partial charge in [0.15, 0.2) is 0 Å². The third-order valence-electron chi connectivity index (χ3n) is 3.47. The first-order valence-electron chi connectivity index (χ1n) is 6.36. The Labute approximate surface area is 107 Å². The van der Waals surface area contributed by atoms with Crippen molar-refractivity contribution >= 4 is 5.97 Å². The summed E-state index contributed by atoms with van der Waals surface area (Å²) >= 11 is 0. The van der Waals surface area contributed by atoms with Crippen molar-refractivity contribution in [3.05, 3.63) is 29.3 Å². The van der Waals surface area contributed by atoms with Crippen LogP contribution in [0, 0.1) is 6.92 Å². The number of rotatable bonds is 3. The molecule has 4 nitrogen and oxygen atoms in total. The fourth-order valence-electron chi connectivity index (χ4n) is 2.56. The van der Waals surface area contributed by atoms with Crippen molar-refractivity contribution in [3.63, 3.8) is 0 Å². The molecule has 2 N–H and O–H groups in total. The summed E-state index contributed by atoms with van der Waals surface area (Å²) in [7, 11) is 0. The third kappa shape index (κ3) is 2.64. The minimum atomic E-state index is -0.891. The van der Waals surface area contributed by atoms with Crippen molar-refractivity contribution in [2.24, 2.45) is 0 Å². The molecule has 1 unspecified atom stereocenters. The molecule has 0 bridgehead atoms. The first kappa shape index (κ1) is 12.9. The highest BCUT2D eigenvalue weighted by Gasteiger charge is 2.30. The van der Waals surface area contributed by atoms with E-state index in [0.29, 0.717) is 5.56 Å². The molecule has 1 aromatic rings. The van der Waals surface area contributed by atoms with Crippen molar-refractivity contribution in [3.8, 4) is 5.75 Å². The van der Waals surface area contributed by atoms with E-state index in [0.717, 1.165) is 37.9 Å². The van der Waals surface area contributed by atoms with Crippen LogP contribution in [0.1, 0.15) is 36.4 Å². The number of carboxylic acid groups (broad SMARTS) is 1. The third-order valence-corrected chi connectivity index (χ3v) is 3.47. The molecule has 1 atom stereocenters. The van der Waals surface area contributed by atoms with Crippen molar-refractivity contribution in [1.82, 2.24) is 4.90 Å². The zero-order valence-corrected chi connectivity index (χ0v) is 10.6. The van der Waals surface area contributed by atoms with Crippen LogP contribution in [-0.4, -0.2) is 34.2 Å². The number of aryl methyl sites for hydroxylation is 1. The van der Waals surface area contributed by atoms with Crippen molar-refractivity contribution < 1.29 is 15.0 Å². The average molecular weight is 249 g/mol. The summed E-state index contributed by atoms with van der Waals surface area (Å²) in [6.45, 7) is 3.47. The van der Waals surface area contributed by atoms with Crippen molar-refractivity contribution in [2.45, 2.75) is 32.2 Å². The van der Waals surface area contributed by atoms with E-state index in [1.807, 2.05) is 11.8 Å². The normalized spacial score (nSPS) is 18.5. The molecular formula is C14H19NO3. The van der Waals surface area contributed by atoms with Gasteiger partial charge in [-0.1, -0.05) is 24.1 Å². The molecule has 0 spiro atoms. The van der Waals surface area contributed by atoms with Gasteiger partial charge in [-0.2, -0.15) is 0 Å². The second-order valence-electron chi connectivity index (χ2n) is 4.90. The Morgan fingerprint density at radius 1 is 1.28 bits per heavy atom. The molecule has 1 saturated heterocycles. The molecule has 2 rings (SSSR count). The van der Waals surface area contributed by atoms with Gasteiger partial charge < -0.3 is 10.2 Å². The number of hydrogen-bond donors (Lipinski definition) is 2. The van der Waals surface area contributed by atoms with Crippen LogP contribution in [0.3, 0.4) is 0 Å². The summed E-state index contributed by atoms with van der Waals surface area (Å²) in [5.41, 5.74) is 1.47. The Bertz CT molecular complexity index is 439. The molecule has 0 aromatic heterocycles. The van der Waals surface area contributed by atoms with E-state index in [-0.39, 0.29) is 5.75 Å². The monoisotopic (exact) mass is 249 g/mol. The number of likely N-dealkylation sites (tertiary alicyclic amines) is 1. The number of hydrogen-bond acceptors (Lipinski definition) is 3. The van der Waals surface area contributed by atoms with Gasteiger partial charge in [0, 0.05) is 5.56 Å². The van der Waals surface area contributed by atoms with Crippen LogP contribution in [0.2, 0.25) is 0 Å². The van der Waals surface area contributed by atoms with Gasteiger partial charge in [-0.15, -0.1) is 0 Å². The lowest BCUT2D eigenvalue weighted by molar-refractivity contribution is -0.144. The van der Waals surface area contributed by atoms with Crippen LogP contribution in [0.25, 0.3) is 0 Å². The van der Waals surface area contributed by atoms with Gasteiger partial charge in [-0.05, 0) is 38.9 Å². The second-order valence-corrected chi connectivity index (χ2v) is 4.90. The molecule has 1 aromatic carbocycles. The van der Waals surface area contributed by atoms with E-state index in [2.05, 4.69) is 0 Å². The van der Waals surface area contributed by atoms with Gasteiger partial charge >= 0.3 is 5.97 Å². The SMILES string of the molecule is Cc1ccc(O)c(C(C(=O)O)N2CCCCC2)c1. The fraction of sp³-hybridized carbons (Fsp3) is 0.500. The second kappa shape index (κ2) is 5.40. The number of benzene rings is 1. The predicted molar refractivity (Wildman–Crippen MR) is 68.6 cm³/mol. The maximum Gasteiger partial charge on any atom is 0.325 e. The Balaban J connectivity index is 2.34. The maximum atomic E-state index is 11.5. The topological polar surface area (TPSA) is 60.8 Å². The van der Waals surface area contributed by atoms with Crippen LogP contribution >= 0.6 is 0 Å². The predicted octanol–water partition coefficient (Wildman–Crippen LogP) is 2.31. The summed E-state index contributed by atoms with van der Waals surface area (Å²) in [5.74, 6) is -0.823. The summed E-state index contributed by atoms with van der Waals surface area (Å²) < 4.78 is 0. The zero-order valence-electron chi connectivity index (χ0n) is 10.6. The number of phenolic OH excluding ortho intramolecular Hbond substituents is 1. The first-order valence-corrected chi connectivity index (χ1v) is 6.36. The summed E-state index contributed by atoms with van der Waals surface area (Å²) in [4.78, 5) is 13.5. The highest BCUT2D eigenvalue weighted by molar-refractivity contribution is 5.76. The number of phenols is 1. The van der Waals surface area contributed by atoms with Gasteiger partial charge in [0.1, 0.15) is 11.8 Å². The number of nitrogens with zero attached hydrogens (tertiary/aromatic N) is 1. The molecular weight excluding hydrogens is 230 g/mol. The fourth-order valence-corrected chi connectivity index (χ4v) is 2.56. The lowest BCUT2D eigenvalue weighted by Gasteiger charge is -2.32. The van der Waals surface area contributed by atoms with Crippen LogP contribution < -0.4 is 0 Å². The molecule has 1 aliphatic rings. The average Bonchev–Trinajstić information content (AvgIpc) is 2.35. The lowest BCUT2D eigenvalue weighted by atomic mass is 9.99. The lowest BCUT2D eigenvalue weighted by Crippen LogP contribution is -2.37. The highest BCUT2D eigenvalue weighted by atomic mass is 16.4. The van der Waals surface area contributed by atoms with E-state index in [1.165, 1.54) is 0 Å². The Hall–Kier alpha value is -1.55. The number of aromatic hydroxyl groups is 1. The van der Waals surface area contributed by atoms with E-state index >= 15 is 0 Å². The summed E-state index contributed by atoms with van der Waals surface area (Å²) in [6, 6.07) is 4.39. The van der Waals surface area contributed by atoms with Crippen LogP contribution in [0.5, 0.6) is 5.75 Å². The molecule has 4 heteroatoms. The minimum Gasteiger partial charge on any atom is -0.508 e. The smallest absolute Gasteiger partial charge is 0.325 e. The molecule has 1 fully saturated rings. The number of carboxylic acids is 1. The Morgan fingerprint density at radius 3 is 2.56 bits per heavy atom. The molecule has 0 radical (unpaired) electrons. The maximum absolute atomic E-state index is 11.5.